The second kappa shape index (κ2) is 6.78. The Kier molecular flexibility index (Phi) is 5.05. The maximum Gasteiger partial charge on any atom is 0.220 e. The SMILES string of the molecule is CCC(=O)N[C@@H](C)c1ccc(N2CCC[C@H](C)C2)cc1. The number of piperidine rings is 1. The highest BCUT2D eigenvalue weighted by Gasteiger charge is 2.16. The van der Waals surface area contributed by atoms with Crippen LogP contribution >= 0.6 is 0 Å². The molecule has 1 aliphatic rings. The fraction of sp³-hybridized carbons (Fsp3) is 0.588. The molecule has 110 valence electrons. The standard InChI is InChI=1S/C17H26N2O/c1-4-17(20)18-14(3)15-7-9-16(10-8-15)19-11-5-6-13(2)12-19/h7-10,13-14H,4-6,11-12H2,1-3H3,(H,18,20)/t13-,14-/m0/s1. The normalized spacial score (nSPS) is 20.6. The van der Waals surface area contributed by atoms with Crippen molar-refractivity contribution in [3.8, 4) is 0 Å². The van der Waals surface area contributed by atoms with Gasteiger partial charge in [0.05, 0.1) is 6.04 Å². The molecule has 0 aliphatic carbocycles. The number of nitrogens with one attached hydrogen (secondary N) is 1. The van der Waals surface area contributed by atoms with Crippen LogP contribution < -0.4 is 10.2 Å². The van der Waals surface area contributed by atoms with Crippen LogP contribution in [0.1, 0.15) is 51.6 Å². The van der Waals surface area contributed by atoms with Crippen molar-refractivity contribution in [1.29, 1.82) is 0 Å². The Hall–Kier alpha value is -1.51. The highest BCUT2D eigenvalue weighted by atomic mass is 16.1. The van der Waals surface area contributed by atoms with E-state index in [4.69, 9.17) is 0 Å². The Morgan fingerprint density at radius 1 is 1.40 bits per heavy atom. The monoisotopic (exact) mass is 274 g/mol. The van der Waals surface area contributed by atoms with Crippen LogP contribution in [0.3, 0.4) is 0 Å². The summed E-state index contributed by atoms with van der Waals surface area (Å²) >= 11 is 0. The molecule has 0 aromatic heterocycles. The van der Waals surface area contributed by atoms with Gasteiger partial charge >= 0.3 is 0 Å². The van der Waals surface area contributed by atoms with Crippen molar-refractivity contribution < 1.29 is 4.79 Å². The molecule has 1 heterocycles. The summed E-state index contributed by atoms with van der Waals surface area (Å²) in [6.45, 7) is 8.55. The quantitative estimate of drug-likeness (QED) is 0.911. The lowest BCUT2D eigenvalue weighted by molar-refractivity contribution is -0.121. The van der Waals surface area contributed by atoms with Crippen LogP contribution in [0.15, 0.2) is 24.3 Å². The lowest BCUT2D eigenvalue weighted by Crippen LogP contribution is -2.34. The third-order valence-electron chi connectivity index (χ3n) is 4.11. The second-order valence-corrected chi connectivity index (χ2v) is 5.93. The molecule has 0 saturated carbocycles. The zero-order valence-corrected chi connectivity index (χ0v) is 12.9. The summed E-state index contributed by atoms with van der Waals surface area (Å²) in [5.41, 5.74) is 2.47. The molecule has 1 amide bonds. The minimum absolute atomic E-state index is 0.0804. The van der Waals surface area contributed by atoms with Gasteiger partial charge in [-0.1, -0.05) is 26.0 Å². The summed E-state index contributed by atoms with van der Waals surface area (Å²) in [4.78, 5) is 13.9. The van der Waals surface area contributed by atoms with Gasteiger partial charge in [-0.3, -0.25) is 4.79 Å². The van der Waals surface area contributed by atoms with E-state index in [-0.39, 0.29) is 11.9 Å². The lowest BCUT2D eigenvalue weighted by Gasteiger charge is -2.33. The largest absolute Gasteiger partial charge is 0.371 e. The number of hydrogen-bond donors (Lipinski definition) is 1. The molecule has 1 saturated heterocycles. The predicted octanol–water partition coefficient (Wildman–Crippen LogP) is 3.51. The van der Waals surface area contributed by atoms with E-state index in [0.717, 1.165) is 19.0 Å². The van der Waals surface area contributed by atoms with Crippen molar-refractivity contribution in [3.63, 3.8) is 0 Å². The highest BCUT2D eigenvalue weighted by Crippen LogP contribution is 2.24. The first-order chi connectivity index (χ1) is 9.60. The molecule has 1 aromatic rings. The van der Waals surface area contributed by atoms with Crippen LogP contribution in [0.5, 0.6) is 0 Å². The average Bonchev–Trinajstić information content (AvgIpc) is 2.47. The molecular formula is C17H26N2O. The fourth-order valence-electron chi connectivity index (χ4n) is 2.82. The zero-order chi connectivity index (χ0) is 14.5. The van der Waals surface area contributed by atoms with Crippen LogP contribution in [-0.4, -0.2) is 19.0 Å². The fourth-order valence-corrected chi connectivity index (χ4v) is 2.82. The van der Waals surface area contributed by atoms with Gasteiger partial charge in [0, 0.05) is 25.2 Å². The van der Waals surface area contributed by atoms with Crippen LogP contribution in [0.4, 0.5) is 5.69 Å². The predicted molar refractivity (Wildman–Crippen MR) is 83.9 cm³/mol. The first-order valence-corrected chi connectivity index (χ1v) is 7.74. The van der Waals surface area contributed by atoms with Gasteiger partial charge in [0.1, 0.15) is 0 Å². The lowest BCUT2D eigenvalue weighted by atomic mass is 9.99. The number of benzene rings is 1. The Morgan fingerprint density at radius 2 is 2.10 bits per heavy atom. The molecule has 2 rings (SSSR count). The van der Waals surface area contributed by atoms with Crippen molar-refractivity contribution in [1.82, 2.24) is 5.32 Å². The van der Waals surface area contributed by atoms with E-state index in [0.29, 0.717) is 6.42 Å². The first-order valence-electron chi connectivity index (χ1n) is 7.74. The summed E-state index contributed by atoms with van der Waals surface area (Å²) in [5, 5.41) is 3.00. The maximum absolute atomic E-state index is 11.4. The molecule has 20 heavy (non-hydrogen) atoms. The van der Waals surface area contributed by atoms with E-state index >= 15 is 0 Å². The third kappa shape index (κ3) is 3.75. The van der Waals surface area contributed by atoms with E-state index in [2.05, 4.69) is 41.4 Å². The number of rotatable bonds is 4. The van der Waals surface area contributed by atoms with Crippen molar-refractivity contribution in [2.45, 2.75) is 46.1 Å². The van der Waals surface area contributed by atoms with Crippen LogP contribution in [-0.2, 0) is 4.79 Å². The second-order valence-electron chi connectivity index (χ2n) is 5.93. The molecule has 1 fully saturated rings. The van der Waals surface area contributed by atoms with Gasteiger partial charge in [-0.05, 0) is 43.4 Å². The van der Waals surface area contributed by atoms with Crippen molar-refractivity contribution in [2.24, 2.45) is 5.92 Å². The zero-order valence-electron chi connectivity index (χ0n) is 12.9. The molecule has 1 aromatic carbocycles. The number of anilines is 1. The average molecular weight is 274 g/mol. The van der Waals surface area contributed by atoms with Gasteiger partial charge in [0.15, 0.2) is 0 Å². The summed E-state index contributed by atoms with van der Waals surface area (Å²) in [5.74, 6) is 0.887. The van der Waals surface area contributed by atoms with Crippen molar-refractivity contribution >= 4 is 11.6 Å². The number of carbonyl (C=O) groups excluding carboxylic acids is 1. The minimum Gasteiger partial charge on any atom is -0.371 e. The van der Waals surface area contributed by atoms with Gasteiger partial charge in [-0.25, -0.2) is 0 Å². The summed E-state index contributed by atoms with van der Waals surface area (Å²) in [6.07, 6.45) is 3.16. The Labute approximate surface area is 122 Å². The number of nitrogens with zero attached hydrogens (tertiary/aromatic N) is 1. The van der Waals surface area contributed by atoms with Crippen LogP contribution in [0.2, 0.25) is 0 Å². The Balaban J connectivity index is 2.00. The number of hydrogen-bond acceptors (Lipinski definition) is 2. The first kappa shape index (κ1) is 14.9. The molecule has 3 heteroatoms. The van der Waals surface area contributed by atoms with Crippen molar-refractivity contribution in [3.05, 3.63) is 29.8 Å². The van der Waals surface area contributed by atoms with Gasteiger partial charge in [-0.15, -0.1) is 0 Å². The van der Waals surface area contributed by atoms with E-state index in [1.54, 1.807) is 0 Å². The Bertz CT molecular complexity index is 441. The van der Waals surface area contributed by atoms with E-state index < -0.39 is 0 Å². The van der Waals surface area contributed by atoms with Gasteiger partial charge in [0.25, 0.3) is 0 Å². The van der Waals surface area contributed by atoms with Gasteiger partial charge in [-0.2, -0.15) is 0 Å². The summed E-state index contributed by atoms with van der Waals surface area (Å²) < 4.78 is 0. The molecule has 0 radical (unpaired) electrons. The highest BCUT2D eigenvalue weighted by molar-refractivity contribution is 5.76. The topological polar surface area (TPSA) is 32.3 Å². The number of amides is 1. The maximum atomic E-state index is 11.4. The molecule has 0 unspecified atom stereocenters. The summed E-state index contributed by atoms with van der Waals surface area (Å²) in [7, 11) is 0. The van der Waals surface area contributed by atoms with E-state index in [1.165, 1.54) is 24.1 Å². The molecule has 0 bridgehead atoms. The molecular weight excluding hydrogens is 248 g/mol. The van der Waals surface area contributed by atoms with Gasteiger partial charge in [0.2, 0.25) is 5.91 Å². The molecule has 2 atom stereocenters. The number of carbonyl (C=O) groups is 1. The molecule has 1 N–H and O–H groups in total. The van der Waals surface area contributed by atoms with E-state index in [9.17, 15) is 4.79 Å². The Morgan fingerprint density at radius 3 is 2.70 bits per heavy atom. The van der Waals surface area contributed by atoms with Crippen LogP contribution in [0.25, 0.3) is 0 Å². The smallest absolute Gasteiger partial charge is 0.220 e. The summed E-state index contributed by atoms with van der Waals surface area (Å²) in [6, 6.07) is 8.71. The minimum atomic E-state index is 0.0804. The molecule has 3 nitrogen and oxygen atoms in total. The third-order valence-corrected chi connectivity index (χ3v) is 4.11. The molecule has 1 aliphatic heterocycles. The van der Waals surface area contributed by atoms with Gasteiger partial charge < -0.3 is 10.2 Å². The van der Waals surface area contributed by atoms with Crippen molar-refractivity contribution in [2.75, 3.05) is 18.0 Å². The van der Waals surface area contributed by atoms with Crippen LogP contribution in [0, 0.1) is 5.92 Å². The molecule has 0 spiro atoms. The van der Waals surface area contributed by atoms with E-state index in [1.807, 2.05) is 13.8 Å².